The van der Waals surface area contributed by atoms with Crippen molar-refractivity contribution in [1.82, 2.24) is 0 Å². The molecule has 0 saturated heterocycles. The van der Waals surface area contributed by atoms with Gasteiger partial charge in [-0.3, -0.25) is 0 Å². The molecule has 2 nitrogen and oxygen atoms in total. The highest BCUT2D eigenvalue weighted by atomic mass is 16.7. The van der Waals surface area contributed by atoms with Crippen LogP contribution >= 0.6 is 0 Å². The van der Waals surface area contributed by atoms with Gasteiger partial charge >= 0.3 is 0 Å². The largest absolute Gasteiger partial charge is 0.353 e. The summed E-state index contributed by atoms with van der Waals surface area (Å²) in [6.45, 7) is 8.19. The van der Waals surface area contributed by atoms with Crippen molar-refractivity contribution in [2.75, 3.05) is 13.2 Å². The summed E-state index contributed by atoms with van der Waals surface area (Å²) >= 11 is 0. The van der Waals surface area contributed by atoms with E-state index in [1.807, 2.05) is 6.92 Å². The monoisotopic (exact) mass is 258 g/mol. The third kappa shape index (κ3) is 14.0. The molecule has 0 N–H and O–H groups in total. The number of hydrogen-bond donors (Lipinski definition) is 0. The zero-order valence-electron chi connectivity index (χ0n) is 12.9. The van der Waals surface area contributed by atoms with Gasteiger partial charge in [-0.05, 0) is 19.8 Å². The molecule has 0 aromatic rings. The number of ether oxygens (including phenoxy) is 2. The first-order valence-electron chi connectivity index (χ1n) is 8.04. The molecule has 0 aliphatic heterocycles. The maximum Gasteiger partial charge on any atom is 0.154 e. The van der Waals surface area contributed by atoms with Crippen LogP contribution in [-0.4, -0.2) is 19.5 Å². The van der Waals surface area contributed by atoms with E-state index in [9.17, 15) is 0 Å². The predicted octanol–water partition coefficient (Wildman–Crippen LogP) is 5.31. The van der Waals surface area contributed by atoms with Gasteiger partial charge in [0.2, 0.25) is 0 Å². The Balaban J connectivity index is 3.10. The molecule has 0 aromatic carbocycles. The molecule has 2 heteroatoms. The zero-order valence-corrected chi connectivity index (χ0v) is 12.9. The first-order chi connectivity index (χ1) is 8.81. The third-order valence-electron chi connectivity index (χ3n) is 3.20. The highest BCUT2D eigenvalue weighted by Gasteiger charge is 2.01. The van der Waals surface area contributed by atoms with Crippen molar-refractivity contribution in [3.63, 3.8) is 0 Å². The lowest BCUT2D eigenvalue weighted by Gasteiger charge is -2.14. The van der Waals surface area contributed by atoms with Crippen LogP contribution in [0.5, 0.6) is 0 Å². The lowest BCUT2D eigenvalue weighted by Crippen LogP contribution is -2.14. The summed E-state index contributed by atoms with van der Waals surface area (Å²) < 4.78 is 11.3. The summed E-state index contributed by atoms with van der Waals surface area (Å²) in [4.78, 5) is 0. The number of rotatable bonds is 14. The molecule has 18 heavy (non-hydrogen) atoms. The summed E-state index contributed by atoms with van der Waals surface area (Å²) in [6, 6.07) is 0. The summed E-state index contributed by atoms with van der Waals surface area (Å²) in [5.74, 6) is 0. The molecule has 0 atom stereocenters. The minimum absolute atomic E-state index is 0.0256. The molecule has 0 spiro atoms. The van der Waals surface area contributed by atoms with E-state index >= 15 is 0 Å². The van der Waals surface area contributed by atoms with Crippen LogP contribution in [0, 0.1) is 0 Å². The fraction of sp³-hybridized carbons (Fsp3) is 1.00. The molecule has 0 heterocycles. The molecule has 0 aromatic heterocycles. The molecule has 110 valence electrons. The van der Waals surface area contributed by atoms with Crippen LogP contribution in [0.3, 0.4) is 0 Å². The first-order valence-corrected chi connectivity index (χ1v) is 8.04. The van der Waals surface area contributed by atoms with E-state index in [2.05, 4.69) is 13.8 Å². The van der Waals surface area contributed by atoms with Crippen LogP contribution in [0.15, 0.2) is 0 Å². The summed E-state index contributed by atoms with van der Waals surface area (Å²) in [6.07, 6.45) is 12.9. The Morgan fingerprint density at radius 3 is 1.39 bits per heavy atom. The second-order valence-corrected chi connectivity index (χ2v) is 5.14. The maximum atomic E-state index is 5.63. The lowest BCUT2D eigenvalue weighted by atomic mass is 10.2. The van der Waals surface area contributed by atoms with Gasteiger partial charge in [-0.1, -0.05) is 65.2 Å². The van der Waals surface area contributed by atoms with E-state index in [1.54, 1.807) is 0 Å². The predicted molar refractivity (Wildman–Crippen MR) is 78.9 cm³/mol. The van der Waals surface area contributed by atoms with E-state index in [0.717, 1.165) is 13.2 Å². The van der Waals surface area contributed by atoms with Crippen molar-refractivity contribution >= 4 is 0 Å². The quantitative estimate of drug-likeness (QED) is 0.311. The lowest BCUT2D eigenvalue weighted by molar-refractivity contribution is -0.131. The molecule has 0 aliphatic rings. The normalized spacial score (nSPS) is 11.3. The topological polar surface area (TPSA) is 18.5 Å². The Morgan fingerprint density at radius 2 is 1.00 bits per heavy atom. The van der Waals surface area contributed by atoms with E-state index in [-0.39, 0.29) is 6.29 Å². The van der Waals surface area contributed by atoms with Gasteiger partial charge in [0.05, 0.1) is 0 Å². The minimum atomic E-state index is -0.0256. The van der Waals surface area contributed by atoms with Crippen LogP contribution in [0.1, 0.15) is 85.0 Å². The molecular formula is C16H34O2. The maximum absolute atomic E-state index is 5.63. The average Bonchev–Trinajstić information content (AvgIpc) is 2.38. The Hall–Kier alpha value is -0.0800. The highest BCUT2D eigenvalue weighted by molar-refractivity contribution is 4.44. The first kappa shape index (κ1) is 17.9. The Kier molecular flexibility index (Phi) is 14.9. The van der Waals surface area contributed by atoms with Crippen molar-refractivity contribution < 1.29 is 9.47 Å². The van der Waals surface area contributed by atoms with Crippen molar-refractivity contribution in [3.8, 4) is 0 Å². The standard InChI is InChI=1S/C16H34O2/c1-4-6-8-10-12-14-17-16(3)18-15-13-11-9-7-5-2/h16H,4-15H2,1-3H3. The summed E-state index contributed by atoms with van der Waals surface area (Å²) in [5, 5.41) is 0. The van der Waals surface area contributed by atoms with Gasteiger partial charge in [-0.15, -0.1) is 0 Å². The molecular weight excluding hydrogens is 224 g/mol. The second-order valence-electron chi connectivity index (χ2n) is 5.14. The molecule has 0 amide bonds. The van der Waals surface area contributed by atoms with E-state index < -0.39 is 0 Å². The molecule has 0 saturated carbocycles. The zero-order chi connectivity index (χ0) is 13.5. The number of unbranched alkanes of at least 4 members (excludes halogenated alkanes) is 8. The minimum Gasteiger partial charge on any atom is -0.353 e. The molecule has 0 bridgehead atoms. The molecule has 0 unspecified atom stereocenters. The van der Waals surface area contributed by atoms with Crippen LogP contribution in [0.2, 0.25) is 0 Å². The molecule has 0 aliphatic carbocycles. The average molecular weight is 258 g/mol. The van der Waals surface area contributed by atoms with Crippen LogP contribution in [0.25, 0.3) is 0 Å². The molecule has 0 radical (unpaired) electrons. The third-order valence-corrected chi connectivity index (χ3v) is 3.20. The van der Waals surface area contributed by atoms with Gasteiger partial charge in [0.25, 0.3) is 0 Å². The molecule has 0 rings (SSSR count). The van der Waals surface area contributed by atoms with Gasteiger partial charge in [0.1, 0.15) is 0 Å². The van der Waals surface area contributed by atoms with Gasteiger partial charge in [0.15, 0.2) is 6.29 Å². The van der Waals surface area contributed by atoms with Crippen LogP contribution in [-0.2, 0) is 9.47 Å². The Bertz CT molecular complexity index is 132. The van der Waals surface area contributed by atoms with E-state index in [1.165, 1.54) is 64.2 Å². The van der Waals surface area contributed by atoms with E-state index in [4.69, 9.17) is 9.47 Å². The number of hydrogen-bond acceptors (Lipinski definition) is 2. The van der Waals surface area contributed by atoms with Crippen molar-refractivity contribution in [1.29, 1.82) is 0 Å². The van der Waals surface area contributed by atoms with Gasteiger partial charge in [0, 0.05) is 13.2 Å². The smallest absolute Gasteiger partial charge is 0.154 e. The Morgan fingerprint density at radius 1 is 0.611 bits per heavy atom. The van der Waals surface area contributed by atoms with E-state index in [0.29, 0.717) is 0 Å². The Labute approximate surface area is 114 Å². The highest BCUT2D eigenvalue weighted by Crippen LogP contribution is 2.06. The van der Waals surface area contributed by atoms with Crippen molar-refractivity contribution in [3.05, 3.63) is 0 Å². The van der Waals surface area contributed by atoms with Crippen molar-refractivity contribution in [2.24, 2.45) is 0 Å². The van der Waals surface area contributed by atoms with Gasteiger partial charge < -0.3 is 9.47 Å². The summed E-state index contributed by atoms with van der Waals surface area (Å²) in [5.41, 5.74) is 0. The SMILES string of the molecule is CCCCCCCOC(C)OCCCCCCC. The fourth-order valence-corrected chi connectivity index (χ4v) is 1.96. The van der Waals surface area contributed by atoms with Crippen LogP contribution < -0.4 is 0 Å². The van der Waals surface area contributed by atoms with Gasteiger partial charge in [-0.2, -0.15) is 0 Å². The summed E-state index contributed by atoms with van der Waals surface area (Å²) in [7, 11) is 0. The molecule has 0 fully saturated rings. The van der Waals surface area contributed by atoms with Crippen LogP contribution in [0.4, 0.5) is 0 Å². The fourth-order valence-electron chi connectivity index (χ4n) is 1.96. The van der Waals surface area contributed by atoms with Gasteiger partial charge in [-0.25, -0.2) is 0 Å². The van der Waals surface area contributed by atoms with Crippen molar-refractivity contribution in [2.45, 2.75) is 91.3 Å². The second kappa shape index (κ2) is 15.0.